The lowest BCUT2D eigenvalue weighted by Crippen LogP contribution is -2.26. The summed E-state index contributed by atoms with van der Waals surface area (Å²) in [6.07, 6.45) is 0. The van der Waals surface area contributed by atoms with E-state index in [9.17, 15) is 0 Å². The van der Waals surface area contributed by atoms with Crippen molar-refractivity contribution in [1.82, 2.24) is 8.75 Å². The Morgan fingerprint density at radius 1 is 1.24 bits per heavy atom. The summed E-state index contributed by atoms with van der Waals surface area (Å²) in [6, 6.07) is 3.41. The lowest BCUT2D eigenvalue weighted by atomic mass is 10.3. The maximum Gasteiger partial charge on any atom is 0.223 e. The Labute approximate surface area is 105 Å². The summed E-state index contributed by atoms with van der Waals surface area (Å²) in [4.78, 5) is 7.62. The first kappa shape index (κ1) is 11.6. The van der Waals surface area contributed by atoms with E-state index in [0.717, 1.165) is 11.7 Å². The molecule has 1 aromatic carbocycles. The molecule has 0 aliphatic rings. The lowest BCUT2D eigenvalue weighted by molar-refractivity contribution is 1.38. The van der Waals surface area contributed by atoms with Crippen molar-refractivity contribution in [2.45, 2.75) is 0 Å². The third-order valence-electron chi connectivity index (χ3n) is 1.82. The number of aliphatic imine (C=N–C) groups is 2. The van der Waals surface area contributed by atoms with E-state index in [-0.39, 0.29) is 11.9 Å². The average molecular weight is 270 g/mol. The van der Waals surface area contributed by atoms with E-state index >= 15 is 0 Å². The predicted molar refractivity (Wildman–Crippen MR) is 69.5 cm³/mol. The molecule has 1 aromatic heterocycles. The molecular weight excluding hydrogens is 262 g/mol. The molecule has 0 aliphatic carbocycles. The van der Waals surface area contributed by atoms with Crippen LogP contribution >= 0.6 is 23.3 Å². The smallest absolute Gasteiger partial charge is 0.223 e. The van der Waals surface area contributed by atoms with Crippen LogP contribution in [0.15, 0.2) is 22.1 Å². The summed E-state index contributed by atoms with van der Waals surface area (Å²) in [5, 5.41) is 0.402. The minimum absolute atomic E-state index is 0.0904. The molecule has 2 aromatic rings. The first-order chi connectivity index (χ1) is 8.08. The van der Waals surface area contributed by atoms with Crippen molar-refractivity contribution in [2.75, 3.05) is 0 Å². The Morgan fingerprint density at radius 2 is 2.00 bits per heavy atom. The standard InChI is InChI=1S/C8H8ClN7S/c9-3-1-2-4-6(16-17-15-4)5(3)13-8(12)14-7(10)11/h1-2H,(H6,10,11,12,13,14). The first-order valence-corrected chi connectivity index (χ1v) is 5.53. The Bertz CT molecular complexity index is 613. The van der Waals surface area contributed by atoms with Gasteiger partial charge in [-0.1, -0.05) is 11.6 Å². The van der Waals surface area contributed by atoms with E-state index in [1.807, 2.05) is 0 Å². The normalized spacial score (nSPS) is 11.7. The largest absolute Gasteiger partial charge is 0.370 e. The summed E-state index contributed by atoms with van der Waals surface area (Å²) in [5.41, 5.74) is 17.6. The zero-order valence-electron chi connectivity index (χ0n) is 8.46. The molecule has 0 amide bonds. The fourth-order valence-electron chi connectivity index (χ4n) is 1.19. The molecule has 0 spiro atoms. The van der Waals surface area contributed by atoms with Gasteiger partial charge < -0.3 is 17.2 Å². The molecule has 1 heterocycles. The van der Waals surface area contributed by atoms with Crippen LogP contribution in [-0.2, 0) is 0 Å². The summed E-state index contributed by atoms with van der Waals surface area (Å²) in [7, 11) is 0. The predicted octanol–water partition coefficient (Wildman–Crippen LogP) is 0.564. The van der Waals surface area contributed by atoms with E-state index in [1.165, 1.54) is 0 Å². The summed E-state index contributed by atoms with van der Waals surface area (Å²) >= 11 is 7.07. The third kappa shape index (κ3) is 2.43. The second kappa shape index (κ2) is 4.52. The Morgan fingerprint density at radius 3 is 2.71 bits per heavy atom. The number of hydrogen-bond acceptors (Lipinski definition) is 4. The van der Waals surface area contributed by atoms with Crippen molar-refractivity contribution in [2.24, 2.45) is 27.2 Å². The van der Waals surface area contributed by atoms with Gasteiger partial charge in [0.05, 0.1) is 16.8 Å². The van der Waals surface area contributed by atoms with Gasteiger partial charge in [-0.25, -0.2) is 4.99 Å². The van der Waals surface area contributed by atoms with Crippen LogP contribution in [0.4, 0.5) is 5.69 Å². The van der Waals surface area contributed by atoms with Gasteiger partial charge in [-0.2, -0.15) is 13.7 Å². The second-order valence-corrected chi connectivity index (χ2v) is 3.97. The highest BCUT2D eigenvalue weighted by Gasteiger charge is 2.09. The molecule has 2 rings (SSSR count). The topological polar surface area (TPSA) is 129 Å². The van der Waals surface area contributed by atoms with Crippen molar-refractivity contribution in [3.05, 3.63) is 17.2 Å². The minimum Gasteiger partial charge on any atom is -0.370 e. The molecule has 0 saturated carbocycles. The molecule has 0 unspecified atom stereocenters. The van der Waals surface area contributed by atoms with E-state index in [0.29, 0.717) is 21.7 Å². The quantitative estimate of drug-likeness (QED) is 0.515. The van der Waals surface area contributed by atoms with Crippen LogP contribution < -0.4 is 17.2 Å². The average Bonchev–Trinajstić information content (AvgIpc) is 2.69. The number of benzene rings is 1. The van der Waals surface area contributed by atoms with Crippen LogP contribution in [0.25, 0.3) is 11.0 Å². The molecule has 88 valence electrons. The molecule has 0 aliphatic heterocycles. The van der Waals surface area contributed by atoms with Gasteiger partial charge in [-0.15, -0.1) is 0 Å². The van der Waals surface area contributed by atoms with Crippen molar-refractivity contribution >= 4 is 52.0 Å². The van der Waals surface area contributed by atoms with Gasteiger partial charge in [0.15, 0.2) is 5.96 Å². The fraction of sp³-hybridized carbons (Fsp3) is 0. The zero-order chi connectivity index (χ0) is 12.4. The van der Waals surface area contributed by atoms with Crippen LogP contribution in [0.2, 0.25) is 5.02 Å². The Balaban J connectivity index is 2.58. The highest BCUT2D eigenvalue weighted by atomic mass is 35.5. The summed E-state index contributed by atoms with van der Waals surface area (Å²) in [5.74, 6) is -0.265. The first-order valence-electron chi connectivity index (χ1n) is 4.42. The van der Waals surface area contributed by atoms with Crippen molar-refractivity contribution in [3.63, 3.8) is 0 Å². The van der Waals surface area contributed by atoms with Gasteiger partial charge in [-0.05, 0) is 12.1 Å². The SMILES string of the molecule is NC(N)=NC(N)=Nc1c(Cl)ccc2nsnc12. The van der Waals surface area contributed by atoms with Crippen molar-refractivity contribution in [3.8, 4) is 0 Å². The van der Waals surface area contributed by atoms with Crippen LogP contribution in [0.5, 0.6) is 0 Å². The molecule has 6 N–H and O–H groups in total. The maximum atomic E-state index is 6.00. The zero-order valence-corrected chi connectivity index (χ0v) is 10.0. The molecule has 0 saturated heterocycles. The molecule has 0 atom stereocenters. The highest BCUT2D eigenvalue weighted by molar-refractivity contribution is 7.00. The third-order valence-corrected chi connectivity index (χ3v) is 2.67. The maximum absolute atomic E-state index is 6.00. The molecule has 17 heavy (non-hydrogen) atoms. The number of rotatable bonds is 1. The number of halogens is 1. The Kier molecular flexibility index (Phi) is 3.07. The number of hydrogen-bond donors (Lipinski definition) is 3. The van der Waals surface area contributed by atoms with E-state index < -0.39 is 0 Å². The van der Waals surface area contributed by atoms with Gasteiger partial charge in [0.1, 0.15) is 16.7 Å². The number of nitrogens with zero attached hydrogens (tertiary/aromatic N) is 4. The van der Waals surface area contributed by atoms with Gasteiger partial charge in [0.2, 0.25) is 5.96 Å². The van der Waals surface area contributed by atoms with Crippen LogP contribution in [0, 0.1) is 0 Å². The van der Waals surface area contributed by atoms with Crippen LogP contribution in [0.3, 0.4) is 0 Å². The number of aromatic nitrogens is 2. The minimum atomic E-state index is -0.175. The molecule has 9 heteroatoms. The van der Waals surface area contributed by atoms with Crippen LogP contribution in [-0.4, -0.2) is 20.7 Å². The number of nitrogens with two attached hydrogens (primary N) is 3. The van der Waals surface area contributed by atoms with Gasteiger partial charge in [0, 0.05) is 0 Å². The molecular formula is C8H8ClN7S. The molecule has 0 bridgehead atoms. The fourth-order valence-corrected chi connectivity index (χ4v) is 1.92. The number of fused-ring (bicyclic) bond motifs is 1. The van der Waals surface area contributed by atoms with Crippen molar-refractivity contribution in [1.29, 1.82) is 0 Å². The molecule has 0 fully saturated rings. The Hall–Kier alpha value is -1.93. The van der Waals surface area contributed by atoms with E-state index in [2.05, 4.69) is 18.7 Å². The molecule has 0 radical (unpaired) electrons. The van der Waals surface area contributed by atoms with Crippen molar-refractivity contribution < 1.29 is 0 Å². The molecule has 7 nitrogen and oxygen atoms in total. The van der Waals surface area contributed by atoms with Gasteiger partial charge >= 0.3 is 0 Å². The second-order valence-electron chi connectivity index (χ2n) is 3.03. The van der Waals surface area contributed by atoms with E-state index in [4.69, 9.17) is 28.8 Å². The van der Waals surface area contributed by atoms with Gasteiger partial charge in [-0.3, -0.25) is 0 Å². The van der Waals surface area contributed by atoms with E-state index in [1.54, 1.807) is 12.1 Å². The van der Waals surface area contributed by atoms with Crippen LogP contribution in [0.1, 0.15) is 0 Å². The summed E-state index contributed by atoms with van der Waals surface area (Å²) < 4.78 is 8.15. The van der Waals surface area contributed by atoms with Gasteiger partial charge in [0.25, 0.3) is 0 Å². The lowest BCUT2D eigenvalue weighted by Gasteiger charge is -1.99. The highest BCUT2D eigenvalue weighted by Crippen LogP contribution is 2.32. The number of guanidine groups is 2. The monoisotopic (exact) mass is 269 g/mol. The summed E-state index contributed by atoms with van der Waals surface area (Å²) in [6.45, 7) is 0.